The van der Waals surface area contributed by atoms with E-state index in [1.165, 1.54) is 26.2 Å². The number of aromatic nitrogens is 2. The molecule has 22 heavy (non-hydrogen) atoms. The highest BCUT2D eigenvalue weighted by molar-refractivity contribution is 5.76. The van der Waals surface area contributed by atoms with E-state index in [4.69, 9.17) is 15.2 Å². The molecule has 0 aliphatic rings. The van der Waals surface area contributed by atoms with Crippen molar-refractivity contribution in [3.8, 4) is 22.9 Å². The first-order valence-electron chi connectivity index (χ1n) is 5.80. The molecule has 0 aliphatic carbocycles. The van der Waals surface area contributed by atoms with E-state index < -0.39 is 24.0 Å². The second kappa shape index (κ2) is 5.54. The lowest BCUT2D eigenvalue weighted by Crippen LogP contribution is -2.17. The van der Waals surface area contributed by atoms with Gasteiger partial charge in [-0.2, -0.15) is 18.2 Å². The lowest BCUT2D eigenvalue weighted by Gasteiger charge is -2.12. The number of carbonyl (C=O) groups excluding carboxylic acids is 1. The van der Waals surface area contributed by atoms with Gasteiger partial charge in [0.1, 0.15) is 5.75 Å². The molecule has 10 heteroatoms. The smallest absolute Gasteiger partial charge is 0.471 e. The number of carbonyl (C=O) groups is 1. The van der Waals surface area contributed by atoms with Gasteiger partial charge in [0.05, 0.1) is 12.7 Å². The number of hydrogen-bond donors (Lipinski definition) is 1. The summed E-state index contributed by atoms with van der Waals surface area (Å²) in [5.41, 5.74) is 5.32. The van der Waals surface area contributed by atoms with Gasteiger partial charge in [-0.05, 0) is 19.1 Å². The summed E-state index contributed by atoms with van der Waals surface area (Å²) in [5, 5.41) is 3.24. The van der Waals surface area contributed by atoms with E-state index in [1.807, 2.05) is 0 Å². The van der Waals surface area contributed by atoms with Crippen LogP contribution in [-0.4, -0.2) is 23.3 Å². The van der Waals surface area contributed by atoms with E-state index in [2.05, 4.69) is 14.7 Å². The van der Waals surface area contributed by atoms with Crippen LogP contribution in [0.25, 0.3) is 11.4 Å². The van der Waals surface area contributed by atoms with E-state index in [-0.39, 0.29) is 11.3 Å². The van der Waals surface area contributed by atoms with Crippen LogP contribution in [0, 0.1) is 6.92 Å². The third-order valence-corrected chi connectivity index (χ3v) is 2.69. The monoisotopic (exact) mass is 317 g/mol. The number of ether oxygens (including phenoxy) is 2. The van der Waals surface area contributed by atoms with E-state index >= 15 is 0 Å². The summed E-state index contributed by atoms with van der Waals surface area (Å²) in [5.74, 6) is -1.67. The van der Waals surface area contributed by atoms with Crippen molar-refractivity contribution >= 4 is 6.09 Å². The standard InChI is InChI=1S/C12H10F3N3O4/c1-5-7(20-2)4-3-6(8(5)21-11(16)19)9-17-10(22-18-9)12(13,14)15/h3-4H,1-2H3,(H2,16,19). The quantitative estimate of drug-likeness (QED) is 0.933. The maximum atomic E-state index is 12.5. The molecule has 0 radical (unpaired) electrons. The number of methoxy groups -OCH3 is 1. The van der Waals surface area contributed by atoms with Gasteiger partial charge in [-0.1, -0.05) is 5.16 Å². The molecule has 0 unspecified atom stereocenters. The van der Waals surface area contributed by atoms with Crippen LogP contribution in [-0.2, 0) is 6.18 Å². The van der Waals surface area contributed by atoms with Crippen molar-refractivity contribution in [2.45, 2.75) is 13.1 Å². The summed E-state index contributed by atoms with van der Waals surface area (Å²) in [6, 6.07) is 2.79. The molecule has 0 spiro atoms. The third kappa shape index (κ3) is 2.95. The summed E-state index contributed by atoms with van der Waals surface area (Å²) in [7, 11) is 1.38. The van der Waals surface area contributed by atoms with Crippen LogP contribution >= 0.6 is 0 Å². The lowest BCUT2D eigenvalue weighted by molar-refractivity contribution is -0.159. The van der Waals surface area contributed by atoms with Gasteiger partial charge < -0.3 is 19.7 Å². The molecule has 2 rings (SSSR count). The minimum atomic E-state index is -4.78. The number of nitrogens with zero attached hydrogens (tertiary/aromatic N) is 2. The Morgan fingerprint density at radius 3 is 2.55 bits per heavy atom. The van der Waals surface area contributed by atoms with Crippen LogP contribution in [0.5, 0.6) is 11.5 Å². The van der Waals surface area contributed by atoms with Crippen molar-refractivity contribution in [3.63, 3.8) is 0 Å². The first kappa shape index (κ1) is 15.6. The largest absolute Gasteiger partial charge is 0.496 e. The molecule has 0 bridgehead atoms. The topological polar surface area (TPSA) is 100 Å². The van der Waals surface area contributed by atoms with Crippen LogP contribution < -0.4 is 15.2 Å². The molecule has 0 fully saturated rings. The Hall–Kier alpha value is -2.78. The number of nitrogens with two attached hydrogens (primary N) is 1. The highest BCUT2D eigenvalue weighted by Crippen LogP contribution is 2.38. The molecular weight excluding hydrogens is 307 g/mol. The average Bonchev–Trinajstić information content (AvgIpc) is 2.90. The summed E-state index contributed by atoms with van der Waals surface area (Å²) < 4.78 is 51.5. The van der Waals surface area contributed by atoms with Gasteiger partial charge in [-0.15, -0.1) is 0 Å². The molecule has 2 N–H and O–H groups in total. The molecule has 0 saturated heterocycles. The second-order valence-corrected chi connectivity index (χ2v) is 4.11. The van der Waals surface area contributed by atoms with Crippen molar-refractivity contribution in [3.05, 3.63) is 23.6 Å². The van der Waals surface area contributed by atoms with Crippen LogP contribution in [0.1, 0.15) is 11.5 Å². The fraction of sp³-hybridized carbons (Fsp3) is 0.250. The molecule has 1 aromatic carbocycles. The minimum absolute atomic E-state index is 0.0105. The molecule has 7 nitrogen and oxygen atoms in total. The number of amides is 1. The van der Waals surface area contributed by atoms with Crippen molar-refractivity contribution in [1.82, 2.24) is 10.1 Å². The zero-order valence-corrected chi connectivity index (χ0v) is 11.4. The van der Waals surface area contributed by atoms with Crippen LogP contribution in [0.15, 0.2) is 16.7 Å². The number of rotatable bonds is 3. The van der Waals surface area contributed by atoms with Crippen molar-refractivity contribution < 1.29 is 32.0 Å². The summed E-state index contributed by atoms with van der Waals surface area (Å²) >= 11 is 0. The Labute approximate surface area is 121 Å². The summed E-state index contributed by atoms with van der Waals surface area (Å²) in [6.07, 6.45) is -5.92. The SMILES string of the molecule is COc1ccc(-c2noc(C(F)(F)F)n2)c(OC(N)=O)c1C. The van der Waals surface area contributed by atoms with Crippen LogP contribution in [0.4, 0.5) is 18.0 Å². The van der Waals surface area contributed by atoms with Gasteiger partial charge >= 0.3 is 18.2 Å². The van der Waals surface area contributed by atoms with Gasteiger partial charge in [0.15, 0.2) is 5.75 Å². The number of hydrogen-bond acceptors (Lipinski definition) is 6. The van der Waals surface area contributed by atoms with Crippen molar-refractivity contribution in [1.29, 1.82) is 0 Å². The molecule has 0 atom stereocenters. The van der Waals surface area contributed by atoms with Gasteiger partial charge in [0, 0.05) is 5.56 Å². The molecule has 2 aromatic rings. The van der Waals surface area contributed by atoms with Gasteiger partial charge in [0.25, 0.3) is 0 Å². The van der Waals surface area contributed by atoms with Gasteiger partial charge in [0.2, 0.25) is 5.82 Å². The van der Waals surface area contributed by atoms with Crippen LogP contribution in [0.2, 0.25) is 0 Å². The first-order chi connectivity index (χ1) is 10.2. The number of halogens is 3. The van der Waals surface area contributed by atoms with Gasteiger partial charge in [-0.25, -0.2) is 4.79 Å². The highest BCUT2D eigenvalue weighted by Gasteiger charge is 2.39. The zero-order valence-electron chi connectivity index (χ0n) is 11.4. The number of benzene rings is 1. The maximum absolute atomic E-state index is 12.5. The van der Waals surface area contributed by atoms with E-state index in [0.29, 0.717) is 11.3 Å². The predicted molar refractivity (Wildman–Crippen MR) is 66.2 cm³/mol. The number of alkyl halides is 3. The average molecular weight is 317 g/mol. The Bertz CT molecular complexity index is 712. The molecule has 1 aromatic heterocycles. The van der Waals surface area contributed by atoms with Gasteiger partial charge in [-0.3, -0.25) is 0 Å². The molecule has 1 amide bonds. The van der Waals surface area contributed by atoms with Crippen molar-refractivity contribution in [2.75, 3.05) is 7.11 Å². The van der Waals surface area contributed by atoms with E-state index in [0.717, 1.165) is 0 Å². The second-order valence-electron chi connectivity index (χ2n) is 4.11. The normalized spacial score (nSPS) is 11.3. The molecule has 0 saturated carbocycles. The van der Waals surface area contributed by atoms with Crippen LogP contribution in [0.3, 0.4) is 0 Å². The first-order valence-corrected chi connectivity index (χ1v) is 5.80. The molecule has 1 heterocycles. The zero-order chi connectivity index (χ0) is 16.5. The lowest BCUT2D eigenvalue weighted by atomic mass is 10.1. The Morgan fingerprint density at radius 2 is 2.05 bits per heavy atom. The predicted octanol–water partition coefficient (Wildman–Crippen LogP) is 2.53. The fourth-order valence-corrected chi connectivity index (χ4v) is 1.75. The fourth-order valence-electron chi connectivity index (χ4n) is 1.75. The summed E-state index contributed by atoms with van der Waals surface area (Å²) in [4.78, 5) is 14.2. The highest BCUT2D eigenvalue weighted by atomic mass is 19.4. The number of primary amides is 1. The summed E-state index contributed by atoms with van der Waals surface area (Å²) in [6.45, 7) is 1.53. The molecular formula is C12H10F3N3O4. The third-order valence-electron chi connectivity index (χ3n) is 2.69. The molecule has 0 aliphatic heterocycles. The minimum Gasteiger partial charge on any atom is -0.496 e. The van der Waals surface area contributed by atoms with E-state index in [9.17, 15) is 18.0 Å². The molecule has 118 valence electrons. The van der Waals surface area contributed by atoms with E-state index in [1.54, 1.807) is 0 Å². The Morgan fingerprint density at radius 1 is 1.36 bits per heavy atom. The Kier molecular flexibility index (Phi) is 3.93. The Balaban J connectivity index is 2.57. The van der Waals surface area contributed by atoms with Crippen molar-refractivity contribution in [2.24, 2.45) is 5.73 Å². The maximum Gasteiger partial charge on any atom is 0.471 e.